The van der Waals surface area contributed by atoms with E-state index >= 15 is 0 Å². The third-order valence-corrected chi connectivity index (χ3v) is 3.20. The highest BCUT2D eigenvalue weighted by molar-refractivity contribution is 7.09. The molecule has 5 heteroatoms. The summed E-state index contributed by atoms with van der Waals surface area (Å²) in [6.45, 7) is 2.52. The molecule has 2 aromatic rings. The van der Waals surface area contributed by atoms with Crippen LogP contribution < -0.4 is 5.32 Å². The van der Waals surface area contributed by atoms with Gasteiger partial charge in [-0.3, -0.25) is 9.89 Å². The zero-order valence-electron chi connectivity index (χ0n) is 8.99. The number of thiophene rings is 1. The van der Waals surface area contributed by atoms with Gasteiger partial charge in [-0.25, -0.2) is 0 Å². The van der Waals surface area contributed by atoms with Crippen LogP contribution in [0.25, 0.3) is 0 Å². The molecule has 0 aromatic carbocycles. The zero-order chi connectivity index (χ0) is 11.4. The van der Waals surface area contributed by atoms with E-state index in [1.54, 1.807) is 17.5 Å². The lowest BCUT2D eigenvalue weighted by molar-refractivity contribution is -0.120. The molecule has 0 radical (unpaired) electrons. The molecule has 0 unspecified atom stereocenters. The summed E-state index contributed by atoms with van der Waals surface area (Å²) in [5.74, 6) is 0.0258. The number of nitrogens with zero attached hydrogens (tertiary/aromatic N) is 1. The first-order valence-electron chi connectivity index (χ1n) is 5.03. The maximum absolute atomic E-state index is 11.6. The van der Waals surface area contributed by atoms with Crippen LogP contribution in [-0.4, -0.2) is 16.1 Å². The van der Waals surface area contributed by atoms with Crippen LogP contribution in [0.4, 0.5) is 0 Å². The van der Waals surface area contributed by atoms with Crippen LogP contribution in [0.1, 0.15) is 16.1 Å². The van der Waals surface area contributed by atoms with Gasteiger partial charge in [0.2, 0.25) is 5.91 Å². The molecule has 0 fully saturated rings. The Kier molecular flexibility index (Phi) is 3.36. The first kappa shape index (κ1) is 10.9. The molecule has 16 heavy (non-hydrogen) atoms. The van der Waals surface area contributed by atoms with Gasteiger partial charge in [-0.15, -0.1) is 11.3 Å². The predicted molar refractivity (Wildman–Crippen MR) is 63.2 cm³/mol. The molecule has 84 valence electrons. The maximum atomic E-state index is 11.6. The third kappa shape index (κ3) is 2.70. The molecule has 0 bridgehead atoms. The summed E-state index contributed by atoms with van der Waals surface area (Å²) in [7, 11) is 0. The SMILES string of the molecule is Cc1[nH]ncc1CC(=O)NCc1cccs1. The summed E-state index contributed by atoms with van der Waals surface area (Å²) in [6, 6.07) is 3.99. The monoisotopic (exact) mass is 235 g/mol. The van der Waals surface area contributed by atoms with Crippen molar-refractivity contribution >= 4 is 17.2 Å². The number of H-pyrrole nitrogens is 1. The van der Waals surface area contributed by atoms with E-state index in [1.165, 1.54) is 0 Å². The Morgan fingerprint density at radius 2 is 2.50 bits per heavy atom. The summed E-state index contributed by atoms with van der Waals surface area (Å²) in [5.41, 5.74) is 1.90. The van der Waals surface area contributed by atoms with E-state index in [4.69, 9.17) is 0 Å². The van der Waals surface area contributed by atoms with Gasteiger partial charge >= 0.3 is 0 Å². The minimum absolute atomic E-state index is 0.0258. The highest BCUT2D eigenvalue weighted by Gasteiger charge is 2.07. The summed E-state index contributed by atoms with van der Waals surface area (Å²) in [6.07, 6.45) is 2.08. The highest BCUT2D eigenvalue weighted by Crippen LogP contribution is 2.08. The van der Waals surface area contributed by atoms with Crippen LogP contribution in [-0.2, 0) is 17.8 Å². The molecule has 1 amide bonds. The Bertz CT molecular complexity index is 461. The Labute approximate surface area is 97.7 Å². The average molecular weight is 235 g/mol. The quantitative estimate of drug-likeness (QED) is 0.846. The molecule has 0 saturated carbocycles. The van der Waals surface area contributed by atoms with Crippen molar-refractivity contribution < 1.29 is 4.79 Å². The molecule has 0 saturated heterocycles. The molecule has 2 N–H and O–H groups in total. The van der Waals surface area contributed by atoms with Crippen LogP contribution in [0.5, 0.6) is 0 Å². The van der Waals surface area contributed by atoms with Crippen LogP contribution in [0.3, 0.4) is 0 Å². The molecule has 2 heterocycles. The highest BCUT2D eigenvalue weighted by atomic mass is 32.1. The molecule has 0 spiro atoms. The second-order valence-electron chi connectivity index (χ2n) is 3.55. The number of amides is 1. The van der Waals surface area contributed by atoms with E-state index in [-0.39, 0.29) is 5.91 Å². The van der Waals surface area contributed by atoms with Gasteiger partial charge in [0, 0.05) is 16.1 Å². The Hall–Kier alpha value is -1.62. The number of hydrogen-bond donors (Lipinski definition) is 2. The second-order valence-corrected chi connectivity index (χ2v) is 4.59. The molecule has 0 aliphatic carbocycles. The van der Waals surface area contributed by atoms with E-state index < -0.39 is 0 Å². The number of nitrogens with one attached hydrogen (secondary N) is 2. The van der Waals surface area contributed by atoms with Gasteiger partial charge in [0.1, 0.15) is 0 Å². The summed E-state index contributed by atoms with van der Waals surface area (Å²) in [4.78, 5) is 12.8. The van der Waals surface area contributed by atoms with E-state index in [0.29, 0.717) is 13.0 Å². The summed E-state index contributed by atoms with van der Waals surface area (Å²) < 4.78 is 0. The van der Waals surface area contributed by atoms with Crippen molar-refractivity contribution in [2.24, 2.45) is 0 Å². The Morgan fingerprint density at radius 3 is 3.12 bits per heavy atom. The van der Waals surface area contributed by atoms with Crippen LogP contribution in [0, 0.1) is 6.92 Å². The fourth-order valence-corrected chi connectivity index (χ4v) is 2.03. The van der Waals surface area contributed by atoms with E-state index in [2.05, 4.69) is 15.5 Å². The standard InChI is InChI=1S/C11H13N3OS/c1-8-9(6-13-14-8)5-11(15)12-7-10-3-2-4-16-10/h2-4,6H,5,7H2,1H3,(H,12,15)(H,13,14). The van der Waals surface area contributed by atoms with Crippen molar-refractivity contribution in [2.45, 2.75) is 19.9 Å². The summed E-state index contributed by atoms with van der Waals surface area (Å²) in [5, 5.41) is 11.6. The lowest BCUT2D eigenvalue weighted by Crippen LogP contribution is -2.24. The number of aromatic amines is 1. The second kappa shape index (κ2) is 4.94. The number of rotatable bonds is 4. The van der Waals surface area contributed by atoms with Crippen molar-refractivity contribution in [1.29, 1.82) is 0 Å². The zero-order valence-corrected chi connectivity index (χ0v) is 9.80. The maximum Gasteiger partial charge on any atom is 0.224 e. The van der Waals surface area contributed by atoms with Crippen LogP contribution >= 0.6 is 11.3 Å². The van der Waals surface area contributed by atoms with Crippen molar-refractivity contribution in [2.75, 3.05) is 0 Å². The fourth-order valence-electron chi connectivity index (χ4n) is 1.39. The number of aryl methyl sites for hydroxylation is 1. The molecular formula is C11H13N3OS. The van der Waals surface area contributed by atoms with Crippen LogP contribution in [0.2, 0.25) is 0 Å². The average Bonchev–Trinajstić information content (AvgIpc) is 2.88. The largest absolute Gasteiger partial charge is 0.351 e. The van der Waals surface area contributed by atoms with Gasteiger partial charge in [-0.2, -0.15) is 5.10 Å². The van der Waals surface area contributed by atoms with Crippen molar-refractivity contribution in [1.82, 2.24) is 15.5 Å². The normalized spacial score (nSPS) is 10.3. The fraction of sp³-hybridized carbons (Fsp3) is 0.273. The van der Waals surface area contributed by atoms with Crippen molar-refractivity contribution in [3.8, 4) is 0 Å². The number of carbonyl (C=O) groups is 1. The predicted octanol–water partition coefficient (Wildman–Crippen LogP) is 1.64. The first-order valence-corrected chi connectivity index (χ1v) is 5.91. The molecule has 2 rings (SSSR count). The minimum atomic E-state index is 0.0258. The molecular weight excluding hydrogens is 222 g/mol. The molecule has 2 aromatic heterocycles. The lowest BCUT2D eigenvalue weighted by atomic mass is 10.2. The molecule has 0 aliphatic heterocycles. The minimum Gasteiger partial charge on any atom is -0.351 e. The number of aromatic nitrogens is 2. The van der Waals surface area contributed by atoms with E-state index in [9.17, 15) is 4.79 Å². The van der Waals surface area contributed by atoms with E-state index in [1.807, 2.05) is 24.4 Å². The van der Waals surface area contributed by atoms with Gasteiger partial charge in [0.15, 0.2) is 0 Å². The first-order chi connectivity index (χ1) is 7.75. The van der Waals surface area contributed by atoms with Crippen LogP contribution in [0.15, 0.2) is 23.7 Å². The van der Waals surface area contributed by atoms with Crippen molar-refractivity contribution in [3.63, 3.8) is 0 Å². The van der Waals surface area contributed by atoms with Gasteiger partial charge < -0.3 is 5.32 Å². The Morgan fingerprint density at radius 1 is 1.62 bits per heavy atom. The van der Waals surface area contributed by atoms with E-state index in [0.717, 1.165) is 16.1 Å². The molecule has 0 aliphatic rings. The van der Waals surface area contributed by atoms with Gasteiger partial charge in [0.05, 0.1) is 19.2 Å². The third-order valence-electron chi connectivity index (χ3n) is 2.33. The molecule has 0 atom stereocenters. The summed E-state index contributed by atoms with van der Waals surface area (Å²) >= 11 is 1.64. The van der Waals surface area contributed by atoms with Gasteiger partial charge in [-0.1, -0.05) is 6.07 Å². The Balaban J connectivity index is 1.83. The number of carbonyl (C=O) groups excluding carboxylic acids is 1. The topological polar surface area (TPSA) is 57.8 Å². The lowest BCUT2D eigenvalue weighted by Gasteiger charge is -2.02. The smallest absolute Gasteiger partial charge is 0.224 e. The van der Waals surface area contributed by atoms with Gasteiger partial charge in [0.25, 0.3) is 0 Å². The van der Waals surface area contributed by atoms with Gasteiger partial charge in [-0.05, 0) is 18.4 Å². The molecule has 4 nitrogen and oxygen atoms in total. The number of hydrogen-bond acceptors (Lipinski definition) is 3. The van der Waals surface area contributed by atoms with Crippen molar-refractivity contribution in [3.05, 3.63) is 39.8 Å².